The average Bonchev–Trinajstić information content (AvgIpc) is 2.42. The van der Waals surface area contributed by atoms with Crippen LogP contribution in [0.15, 0.2) is 36.4 Å². The van der Waals surface area contributed by atoms with Crippen molar-refractivity contribution in [1.29, 1.82) is 0 Å². The molecule has 4 heteroatoms. The molecule has 4 N–H and O–H groups in total. The van der Waals surface area contributed by atoms with Gasteiger partial charge in [0, 0.05) is 11.1 Å². The van der Waals surface area contributed by atoms with Gasteiger partial charge in [0.2, 0.25) is 0 Å². The van der Waals surface area contributed by atoms with E-state index in [1.54, 1.807) is 0 Å². The molecular weight excluding hydrogens is 258 g/mol. The molecule has 20 heavy (non-hydrogen) atoms. The van der Waals surface area contributed by atoms with E-state index in [0.29, 0.717) is 11.1 Å². The Hall–Kier alpha value is -2.98. The van der Waals surface area contributed by atoms with Crippen molar-refractivity contribution in [1.82, 2.24) is 0 Å². The summed E-state index contributed by atoms with van der Waals surface area (Å²) in [6, 6.07) is 8.37. The lowest BCUT2D eigenvalue weighted by molar-refractivity contribution is 0.632. The van der Waals surface area contributed by atoms with Gasteiger partial charge in [-0.15, -0.1) is 0 Å². The minimum absolute atomic E-state index is 0.0380. The maximum absolute atomic E-state index is 12.9. The van der Waals surface area contributed by atoms with Crippen molar-refractivity contribution in [2.75, 3.05) is 11.5 Å². The first kappa shape index (κ1) is 13.5. The molecular formula is C16H10F2N2. The maximum Gasteiger partial charge on any atom is 0.146 e. The van der Waals surface area contributed by atoms with E-state index in [2.05, 4.69) is 23.7 Å². The van der Waals surface area contributed by atoms with E-state index in [4.69, 9.17) is 11.5 Å². The Kier molecular flexibility index (Phi) is 3.88. The van der Waals surface area contributed by atoms with E-state index in [1.807, 2.05) is 0 Å². The summed E-state index contributed by atoms with van der Waals surface area (Å²) in [6.45, 7) is 0. The summed E-state index contributed by atoms with van der Waals surface area (Å²) in [7, 11) is 0. The smallest absolute Gasteiger partial charge is 0.146 e. The fraction of sp³-hybridized carbons (Fsp3) is 0. The third-order valence-corrected chi connectivity index (χ3v) is 2.47. The first-order chi connectivity index (χ1) is 9.56. The minimum Gasteiger partial charge on any atom is -0.396 e. The summed E-state index contributed by atoms with van der Waals surface area (Å²) in [6.07, 6.45) is 0. The number of hydrogen-bond acceptors (Lipinski definition) is 2. The summed E-state index contributed by atoms with van der Waals surface area (Å²) >= 11 is 0. The second kappa shape index (κ2) is 5.77. The van der Waals surface area contributed by atoms with Gasteiger partial charge in [-0.1, -0.05) is 11.8 Å². The van der Waals surface area contributed by atoms with Gasteiger partial charge < -0.3 is 11.5 Å². The third kappa shape index (κ3) is 3.28. The van der Waals surface area contributed by atoms with Crippen molar-refractivity contribution in [2.24, 2.45) is 0 Å². The van der Waals surface area contributed by atoms with Crippen LogP contribution in [-0.4, -0.2) is 0 Å². The molecule has 2 aromatic carbocycles. The van der Waals surface area contributed by atoms with Crippen molar-refractivity contribution in [3.8, 4) is 23.7 Å². The molecule has 0 saturated heterocycles. The number of benzene rings is 2. The lowest BCUT2D eigenvalue weighted by Gasteiger charge is -1.95. The highest BCUT2D eigenvalue weighted by Crippen LogP contribution is 2.11. The molecule has 0 fully saturated rings. The van der Waals surface area contributed by atoms with Crippen LogP contribution in [0.5, 0.6) is 0 Å². The van der Waals surface area contributed by atoms with Crippen LogP contribution in [0.2, 0.25) is 0 Å². The molecule has 2 rings (SSSR count). The molecule has 0 aliphatic carbocycles. The van der Waals surface area contributed by atoms with Gasteiger partial charge in [0.1, 0.15) is 11.6 Å². The minimum atomic E-state index is -0.483. The Morgan fingerprint density at radius 2 is 1.10 bits per heavy atom. The Morgan fingerprint density at radius 3 is 1.45 bits per heavy atom. The molecule has 0 unspecified atom stereocenters. The summed E-state index contributed by atoms with van der Waals surface area (Å²) in [5, 5.41) is 0. The van der Waals surface area contributed by atoms with Crippen LogP contribution in [0.3, 0.4) is 0 Å². The maximum atomic E-state index is 12.9. The molecule has 0 atom stereocenters. The SMILES string of the molecule is Nc1cc(C#CC#Cc2ccc(F)c(N)c2)ccc1F. The molecule has 0 aliphatic rings. The molecule has 2 aromatic rings. The van der Waals surface area contributed by atoms with Crippen LogP contribution >= 0.6 is 0 Å². The van der Waals surface area contributed by atoms with Gasteiger partial charge in [0.05, 0.1) is 11.4 Å². The number of rotatable bonds is 0. The average molecular weight is 268 g/mol. The zero-order valence-corrected chi connectivity index (χ0v) is 10.4. The summed E-state index contributed by atoms with van der Waals surface area (Å²) < 4.78 is 25.9. The van der Waals surface area contributed by atoms with Crippen LogP contribution in [0.25, 0.3) is 0 Å². The number of nitrogen functional groups attached to an aromatic ring is 2. The molecule has 0 radical (unpaired) electrons. The zero-order chi connectivity index (χ0) is 14.5. The van der Waals surface area contributed by atoms with Gasteiger partial charge in [-0.2, -0.15) is 0 Å². The number of nitrogens with two attached hydrogens (primary N) is 2. The summed E-state index contributed by atoms with van der Waals surface area (Å²) in [5.74, 6) is 9.72. The standard InChI is InChI=1S/C16H10F2N2/c17-13-7-5-11(9-15(13)19)3-1-2-4-12-6-8-14(18)16(20)10-12/h5-10H,19-20H2. The fourth-order valence-electron chi connectivity index (χ4n) is 1.45. The highest BCUT2D eigenvalue weighted by molar-refractivity contribution is 5.52. The Balaban J connectivity index is 2.17. The molecule has 0 heterocycles. The van der Waals surface area contributed by atoms with Crippen LogP contribution < -0.4 is 11.5 Å². The van der Waals surface area contributed by atoms with Crippen molar-refractivity contribution < 1.29 is 8.78 Å². The molecule has 0 bridgehead atoms. The van der Waals surface area contributed by atoms with Crippen LogP contribution in [0.4, 0.5) is 20.2 Å². The normalized spacial score (nSPS) is 9.10. The Morgan fingerprint density at radius 1 is 0.700 bits per heavy atom. The van der Waals surface area contributed by atoms with Crippen LogP contribution in [0.1, 0.15) is 11.1 Å². The quantitative estimate of drug-likeness (QED) is 0.570. The zero-order valence-electron chi connectivity index (χ0n) is 10.4. The van der Waals surface area contributed by atoms with Crippen molar-refractivity contribution in [2.45, 2.75) is 0 Å². The Labute approximate surface area is 115 Å². The van der Waals surface area contributed by atoms with E-state index in [0.717, 1.165) is 0 Å². The van der Waals surface area contributed by atoms with E-state index >= 15 is 0 Å². The predicted octanol–water partition coefficient (Wildman–Crippen LogP) is 2.53. The summed E-state index contributed by atoms with van der Waals surface area (Å²) in [5.41, 5.74) is 12.0. The van der Waals surface area contributed by atoms with Crippen molar-refractivity contribution in [3.05, 3.63) is 59.2 Å². The van der Waals surface area contributed by atoms with Gasteiger partial charge in [-0.05, 0) is 48.2 Å². The highest BCUT2D eigenvalue weighted by atomic mass is 19.1. The first-order valence-corrected chi connectivity index (χ1v) is 5.68. The molecule has 0 saturated carbocycles. The molecule has 98 valence electrons. The van der Waals surface area contributed by atoms with Crippen molar-refractivity contribution in [3.63, 3.8) is 0 Å². The van der Waals surface area contributed by atoms with E-state index in [9.17, 15) is 8.78 Å². The lowest BCUT2D eigenvalue weighted by atomic mass is 10.2. The largest absolute Gasteiger partial charge is 0.396 e. The predicted molar refractivity (Wildman–Crippen MR) is 75.4 cm³/mol. The van der Waals surface area contributed by atoms with Crippen LogP contribution in [-0.2, 0) is 0 Å². The van der Waals surface area contributed by atoms with E-state index in [-0.39, 0.29) is 11.4 Å². The fourth-order valence-corrected chi connectivity index (χ4v) is 1.45. The Bertz CT molecular complexity index is 707. The number of anilines is 2. The highest BCUT2D eigenvalue weighted by Gasteiger charge is 1.97. The number of hydrogen-bond donors (Lipinski definition) is 2. The lowest BCUT2D eigenvalue weighted by Crippen LogP contribution is -1.90. The monoisotopic (exact) mass is 268 g/mol. The van der Waals surface area contributed by atoms with Crippen LogP contribution in [0, 0.1) is 35.3 Å². The van der Waals surface area contributed by atoms with Gasteiger partial charge in [0.25, 0.3) is 0 Å². The molecule has 0 aliphatic heterocycles. The first-order valence-electron chi connectivity index (χ1n) is 5.68. The third-order valence-electron chi connectivity index (χ3n) is 2.47. The van der Waals surface area contributed by atoms with Gasteiger partial charge in [-0.25, -0.2) is 8.78 Å². The van der Waals surface area contributed by atoms with E-state index in [1.165, 1.54) is 36.4 Å². The second-order valence-electron chi connectivity index (χ2n) is 3.97. The van der Waals surface area contributed by atoms with Crippen molar-refractivity contribution >= 4 is 11.4 Å². The van der Waals surface area contributed by atoms with Gasteiger partial charge in [0.15, 0.2) is 0 Å². The molecule has 2 nitrogen and oxygen atoms in total. The molecule has 0 aromatic heterocycles. The van der Waals surface area contributed by atoms with Gasteiger partial charge >= 0.3 is 0 Å². The topological polar surface area (TPSA) is 52.0 Å². The second-order valence-corrected chi connectivity index (χ2v) is 3.97. The van der Waals surface area contributed by atoms with Gasteiger partial charge in [-0.3, -0.25) is 0 Å². The molecule has 0 spiro atoms. The summed E-state index contributed by atoms with van der Waals surface area (Å²) in [4.78, 5) is 0. The van der Waals surface area contributed by atoms with E-state index < -0.39 is 11.6 Å². The molecule has 0 amide bonds. The number of halogens is 2.